The molecular formula is C24H22ClN3O2. The number of aryl methyl sites for hydroxylation is 1. The van der Waals surface area contributed by atoms with Crippen LogP contribution in [0, 0.1) is 13.8 Å². The minimum atomic E-state index is -0.159. The van der Waals surface area contributed by atoms with Gasteiger partial charge in [-0.25, -0.2) is 0 Å². The summed E-state index contributed by atoms with van der Waals surface area (Å²) in [6.45, 7) is 4.71. The van der Waals surface area contributed by atoms with Crippen LogP contribution in [0.2, 0.25) is 5.02 Å². The summed E-state index contributed by atoms with van der Waals surface area (Å²) in [4.78, 5) is 12.8. The van der Waals surface area contributed by atoms with Gasteiger partial charge in [0.2, 0.25) is 0 Å². The first-order valence-corrected chi connectivity index (χ1v) is 10.1. The van der Waals surface area contributed by atoms with E-state index in [0.717, 1.165) is 22.6 Å². The smallest absolute Gasteiger partial charge is 0.255 e. The van der Waals surface area contributed by atoms with Crippen LogP contribution in [0.4, 0.5) is 0 Å². The van der Waals surface area contributed by atoms with Gasteiger partial charge in [0.1, 0.15) is 11.5 Å². The topological polar surface area (TPSA) is 60.1 Å². The molecule has 0 spiro atoms. The van der Waals surface area contributed by atoms with E-state index in [4.69, 9.17) is 16.0 Å². The lowest BCUT2D eigenvalue weighted by Gasteiger charge is -2.06. The molecule has 0 atom stereocenters. The highest BCUT2D eigenvalue weighted by atomic mass is 35.5. The third-order valence-corrected chi connectivity index (χ3v) is 5.25. The van der Waals surface area contributed by atoms with Crippen molar-refractivity contribution >= 4 is 17.5 Å². The number of benzene rings is 2. The third-order valence-electron chi connectivity index (χ3n) is 5.00. The van der Waals surface area contributed by atoms with Crippen LogP contribution in [0.5, 0.6) is 0 Å². The quantitative estimate of drug-likeness (QED) is 0.455. The predicted molar refractivity (Wildman–Crippen MR) is 118 cm³/mol. The molecule has 30 heavy (non-hydrogen) atoms. The maximum atomic E-state index is 12.8. The molecule has 152 valence electrons. The molecule has 6 heteroatoms. The summed E-state index contributed by atoms with van der Waals surface area (Å²) < 4.78 is 7.73. The van der Waals surface area contributed by atoms with Gasteiger partial charge < -0.3 is 9.73 Å². The Morgan fingerprint density at radius 2 is 1.77 bits per heavy atom. The van der Waals surface area contributed by atoms with Crippen molar-refractivity contribution in [2.45, 2.75) is 26.9 Å². The SMILES string of the molecule is Cc1nn(Cc2ccccc2)c(C)c1C(=O)NCc1ccc(-c2ccc(Cl)cc2)o1. The molecule has 0 saturated carbocycles. The molecular weight excluding hydrogens is 398 g/mol. The molecule has 0 aliphatic heterocycles. The Kier molecular flexibility index (Phi) is 5.72. The first-order valence-electron chi connectivity index (χ1n) is 9.72. The molecule has 4 aromatic rings. The number of rotatable bonds is 6. The second kappa shape index (κ2) is 8.59. The number of amides is 1. The molecule has 1 N–H and O–H groups in total. The van der Waals surface area contributed by atoms with Gasteiger partial charge in [0.15, 0.2) is 0 Å². The summed E-state index contributed by atoms with van der Waals surface area (Å²) in [7, 11) is 0. The Balaban J connectivity index is 1.44. The lowest BCUT2D eigenvalue weighted by Crippen LogP contribution is -2.23. The largest absolute Gasteiger partial charge is 0.459 e. The average Bonchev–Trinajstić information content (AvgIpc) is 3.32. The van der Waals surface area contributed by atoms with Crippen LogP contribution < -0.4 is 5.32 Å². The van der Waals surface area contributed by atoms with Crippen LogP contribution in [0.1, 0.15) is 33.1 Å². The van der Waals surface area contributed by atoms with E-state index < -0.39 is 0 Å². The highest BCUT2D eigenvalue weighted by Crippen LogP contribution is 2.24. The highest BCUT2D eigenvalue weighted by molar-refractivity contribution is 6.30. The van der Waals surface area contributed by atoms with E-state index in [1.54, 1.807) is 0 Å². The van der Waals surface area contributed by atoms with E-state index in [9.17, 15) is 4.79 Å². The molecule has 0 fully saturated rings. The summed E-state index contributed by atoms with van der Waals surface area (Å²) in [5, 5.41) is 8.17. The number of carbonyl (C=O) groups is 1. The maximum Gasteiger partial charge on any atom is 0.255 e. The summed E-state index contributed by atoms with van der Waals surface area (Å²) in [6, 6.07) is 21.3. The van der Waals surface area contributed by atoms with Crippen molar-refractivity contribution in [2.75, 3.05) is 0 Å². The van der Waals surface area contributed by atoms with Crippen molar-refractivity contribution in [2.24, 2.45) is 0 Å². The number of nitrogens with one attached hydrogen (secondary N) is 1. The van der Waals surface area contributed by atoms with E-state index in [1.165, 1.54) is 0 Å². The van der Waals surface area contributed by atoms with Crippen molar-refractivity contribution in [3.8, 4) is 11.3 Å². The van der Waals surface area contributed by atoms with Crippen molar-refractivity contribution < 1.29 is 9.21 Å². The molecule has 2 aromatic carbocycles. The van der Waals surface area contributed by atoms with E-state index >= 15 is 0 Å². The zero-order valence-electron chi connectivity index (χ0n) is 16.9. The fraction of sp³-hybridized carbons (Fsp3) is 0.167. The van der Waals surface area contributed by atoms with Gasteiger partial charge in [-0.1, -0.05) is 41.9 Å². The molecule has 0 aliphatic carbocycles. The van der Waals surface area contributed by atoms with Crippen LogP contribution in [-0.2, 0) is 13.1 Å². The van der Waals surface area contributed by atoms with E-state index in [0.29, 0.717) is 35.1 Å². The molecule has 4 rings (SSSR count). The Morgan fingerprint density at radius 1 is 1.03 bits per heavy atom. The standard InChI is InChI=1S/C24H22ClN3O2/c1-16-23(17(2)28(27-16)15-18-6-4-3-5-7-18)24(29)26-14-21-12-13-22(30-21)19-8-10-20(25)11-9-19/h3-13H,14-15H2,1-2H3,(H,26,29). The minimum Gasteiger partial charge on any atom is -0.459 e. The predicted octanol–water partition coefficient (Wildman–Crippen LogP) is 5.39. The summed E-state index contributed by atoms with van der Waals surface area (Å²) in [6.07, 6.45) is 0. The fourth-order valence-electron chi connectivity index (χ4n) is 3.43. The van der Waals surface area contributed by atoms with Crippen LogP contribution in [-0.4, -0.2) is 15.7 Å². The number of hydrogen-bond acceptors (Lipinski definition) is 3. The van der Waals surface area contributed by atoms with Gasteiger partial charge in [0.05, 0.1) is 24.3 Å². The van der Waals surface area contributed by atoms with Gasteiger partial charge >= 0.3 is 0 Å². The molecule has 2 aromatic heterocycles. The van der Waals surface area contributed by atoms with Gasteiger partial charge in [-0.3, -0.25) is 9.48 Å². The molecule has 5 nitrogen and oxygen atoms in total. The van der Waals surface area contributed by atoms with Crippen LogP contribution in [0.25, 0.3) is 11.3 Å². The summed E-state index contributed by atoms with van der Waals surface area (Å²) in [5.74, 6) is 1.26. The molecule has 0 aliphatic rings. The fourth-order valence-corrected chi connectivity index (χ4v) is 3.56. The van der Waals surface area contributed by atoms with Crippen LogP contribution >= 0.6 is 11.6 Å². The van der Waals surface area contributed by atoms with Gasteiger partial charge in [-0.2, -0.15) is 5.10 Å². The van der Waals surface area contributed by atoms with E-state index in [2.05, 4.69) is 10.4 Å². The van der Waals surface area contributed by atoms with Gasteiger partial charge in [0, 0.05) is 16.3 Å². The zero-order chi connectivity index (χ0) is 21.1. The Morgan fingerprint density at radius 3 is 2.50 bits per heavy atom. The number of hydrogen-bond donors (Lipinski definition) is 1. The van der Waals surface area contributed by atoms with Crippen molar-refractivity contribution in [1.29, 1.82) is 0 Å². The lowest BCUT2D eigenvalue weighted by atomic mass is 10.1. The zero-order valence-corrected chi connectivity index (χ0v) is 17.6. The van der Waals surface area contributed by atoms with Gasteiger partial charge in [-0.15, -0.1) is 0 Å². The average molecular weight is 420 g/mol. The van der Waals surface area contributed by atoms with Crippen LogP contribution in [0.3, 0.4) is 0 Å². The second-order valence-electron chi connectivity index (χ2n) is 7.14. The summed E-state index contributed by atoms with van der Waals surface area (Å²) in [5.41, 5.74) is 4.24. The third kappa shape index (κ3) is 4.31. The molecule has 0 saturated heterocycles. The van der Waals surface area contributed by atoms with E-state index in [-0.39, 0.29) is 5.91 Å². The maximum absolute atomic E-state index is 12.8. The monoisotopic (exact) mass is 419 g/mol. The van der Waals surface area contributed by atoms with Gasteiger partial charge in [-0.05, 0) is 55.8 Å². The number of aromatic nitrogens is 2. The number of carbonyl (C=O) groups excluding carboxylic acids is 1. The lowest BCUT2D eigenvalue weighted by molar-refractivity contribution is 0.0946. The Hall–Kier alpha value is -3.31. The number of nitrogens with zero attached hydrogens (tertiary/aromatic N) is 2. The first-order chi connectivity index (χ1) is 14.5. The highest BCUT2D eigenvalue weighted by Gasteiger charge is 2.19. The molecule has 0 bridgehead atoms. The number of furan rings is 1. The van der Waals surface area contributed by atoms with E-state index in [1.807, 2.05) is 85.3 Å². The molecule has 1 amide bonds. The Bertz CT molecular complexity index is 1160. The van der Waals surface area contributed by atoms with Crippen molar-refractivity contribution in [1.82, 2.24) is 15.1 Å². The first kappa shape index (κ1) is 20.0. The summed E-state index contributed by atoms with van der Waals surface area (Å²) >= 11 is 5.93. The molecule has 0 radical (unpaired) electrons. The minimum absolute atomic E-state index is 0.159. The van der Waals surface area contributed by atoms with Crippen LogP contribution in [0.15, 0.2) is 71.1 Å². The molecule has 2 heterocycles. The van der Waals surface area contributed by atoms with Crippen molar-refractivity contribution in [3.63, 3.8) is 0 Å². The Labute approximate surface area is 180 Å². The molecule has 0 unspecified atom stereocenters. The second-order valence-corrected chi connectivity index (χ2v) is 7.58. The number of halogens is 1. The normalized spacial score (nSPS) is 10.9. The van der Waals surface area contributed by atoms with Gasteiger partial charge in [0.25, 0.3) is 5.91 Å². The van der Waals surface area contributed by atoms with Crippen molar-refractivity contribution in [3.05, 3.63) is 100 Å².